The molecule has 0 amide bonds. The summed E-state index contributed by atoms with van der Waals surface area (Å²) in [4.78, 5) is 4.34. The first kappa shape index (κ1) is 7.61. The molecule has 0 aromatic carbocycles. The van der Waals surface area contributed by atoms with Crippen molar-refractivity contribution in [1.29, 1.82) is 0 Å². The highest BCUT2D eigenvalue weighted by molar-refractivity contribution is 7.97. The standard InChI is InChI=1S/C8H11NS/c1-7-4-3-5-8(9-7)6-10-2/h3-5H,6H2,1-2H3. The van der Waals surface area contributed by atoms with E-state index >= 15 is 0 Å². The molecular formula is C8H11NS. The van der Waals surface area contributed by atoms with E-state index in [1.165, 1.54) is 5.69 Å². The molecule has 10 heavy (non-hydrogen) atoms. The van der Waals surface area contributed by atoms with Gasteiger partial charge < -0.3 is 0 Å². The molecule has 0 radical (unpaired) electrons. The van der Waals surface area contributed by atoms with Crippen molar-refractivity contribution in [2.75, 3.05) is 6.26 Å². The maximum Gasteiger partial charge on any atom is 0.0505 e. The van der Waals surface area contributed by atoms with Gasteiger partial charge >= 0.3 is 0 Å². The molecule has 1 aromatic rings. The van der Waals surface area contributed by atoms with E-state index in [1.54, 1.807) is 11.8 Å². The summed E-state index contributed by atoms with van der Waals surface area (Å²) >= 11 is 1.80. The second-order valence-corrected chi connectivity index (χ2v) is 3.07. The lowest BCUT2D eigenvalue weighted by Crippen LogP contribution is -1.87. The lowest BCUT2D eigenvalue weighted by Gasteiger charge is -1.96. The Kier molecular flexibility index (Phi) is 2.75. The molecule has 1 nitrogen and oxygen atoms in total. The van der Waals surface area contributed by atoms with Gasteiger partial charge in [-0.15, -0.1) is 0 Å². The van der Waals surface area contributed by atoms with Crippen molar-refractivity contribution >= 4 is 11.8 Å². The van der Waals surface area contributed by atoms with Crippen molar-refractivity contribution in [3.63, 3.8) is 0 Å². The topological polar surface area (TPSA) is 12.9 Å². The molecule has 2 heteroatoms. The first-order chi connectivity index (χ1) is 4.83. The van der Waals surface area contributed by atoms with Crippen molar-refractivity contribution < 1.29 is 0 Å². The first-order valence-electron chi connectivity index (χ1n) is 3.24. The van der Waals surface area contributed by atoms with Gasteiger partial charge in [0.2, 0.25) is 0 Å². The van der Waals surface area contributed by atoms with Crippen LogP contribution < -0.4 is 0 Å². The Balaban J connectivity index is 2.75. The molecule has 0 unspecified atom stereocenters. The Hall–Kier alpha value is -0.500. The molecule has 0 aliphatic rings. The Morgan fingerprint density at radius 1 is 1.50 bits per heavy atom. The number of hydrogen-bond donors (Lipinski definition) is 0. The van der Waals surface area contributed by atoms with Gasteiger partial charge in [-0.2, -0.15) is 11.8 Å². The fraction of sp³-hybridized carbons (Fsp3) is 0.375. The highest BCUT2D eigenvalue weighted by Crippen LogP contribution is 2.05. The largest absolute Gasteiger partial charge is 0.257 e. The smallest absolute Gasteiger partial charge is 0.0505 e. The van der Waals surface area contributed by atoms with Gasteiger partial charge in [0.25, 0.3) is 0 Å². The number of aryl methyl sites for hydroxylation is 1. The van der Waals surface area contributed by atoms with Crippen LogP contribution in [0, 0.1) is 6.92 Å². The molecule has 0 N–H and O–H groups in total. The molecule has 1 heterocycles. The first-order valence-corrected chi connectivity index (χ1v) is 4.64. The Morgan fingerprint density at radius 2 is 2.30 bits per heavy atom. The maximum absolute atomic E-state index is 4.34. The molecule has 0 fully saturated rings. The van der Waals surface area contributed by atoms with Crippen LogP contribution in [-0.2, 0) is 5.75 Å². The number of thioether (sulfide) groups is 1. The molecular weight excluding hydrogens is 142 g/mol. The summed E-state index contributed by atoms with van der Waals surface area (Å²) in [5.74, 6) is 1.02. The van der Waals surface area contributed by atoms with E-state index in [4.69, 9.17) is 0 Å². The van der Waals surface area contributed by atoms with Gasteiger partial charge in [0.15, 0.2) is 0 Å². The van der Waals surface area contributed by atoms with Gasteiger partial charge in [-0.1, -0.05) is 6.07 Å². The molecule has 1 aromatic heterocycles. The summed E-state index contributed by atoms with van der Waals surface area (Å²) in [6.07, 6.45) is 2.09. The lowest BCUT2D eigenvalue weighted by atomic mass is 10.3. The predicted molar refractivity (Wildman–Crippen MR) is 46.2 cm³/mol. The van der Waals surface area contributed by atoms with Crippen LogP contribution in [0.5, 0.6) is 0 Å². The zero-order chi connectivity index (χ0) is 7.40. The van der Waals surface area contributed by atoms with Crippen LogP contribution in [0.15, 0.2) is 18.2 Å². The second kappa shape index (κ2) is 3.62. The van der Waals surface area contributed by atoms with E-state index in [0.29, 0.717) is 0 Å². The molecule has 1 rings (SSSR count). The third-order valence-electron chi connectivity index (χ3n) is 1.24. The summed E-state index contributed by atoms with van der Waals surface area (Å²) in [5.41, 5.74) is 2.28. The van der Waals surface area contributed by atoms with Crippen LogP contribution in [0.2, 0.25) is 0 Å². The van der Waals surface area contributed by atoms with E-state index in [-0.39, 0.29) is 0 Å². The van der Waals surface area contributed by atoms with E-state index in [1.807, 2.05) is 19.1 Å². The minimum Gasteiger partial charge on any atom is -0.257 e. The minimum absolute atomic E-state index is 1.02. The number of nitrogens with zero attached hydrogens (tertiary/aromatic N) is 1. The van der Waals surface area contributed by atoms with E-state index in [9.17, 15) is 0 Å². The third-order valence-corrected chi connectivity index (χ3v) is 1.82. The normalized spacial score (nSPS) is 9.80. The third kappa shape index (κ3) is 2.03. The van der Waals surface area contributed by atoms with E-state index < -0.39 is 0 Å². The molecule has 0 saturated carbocycles. The zero-order valence-electron chi connectivity index (χ0n) is 6.29. The van der Waals surface area contributed by atoms with Crippen LogP contribution in [0.3, 0.4) is 0 Å². The van der Waals surface area contributed by atoms with Gasteiger partial charge in [0.05, 0.1) is 5.69 Å². The highest BCUT2D eigenvalue weighted by Gasteiger charge is 1.90. The number of rotatable bonds is 2. The molecule has 0 saturated heterocycles. The van der Waals surface area contributed by atoms with Crippen molar-refractivity contribution in [1.82, 2.24) is 4.98 Å². The van der Waals surface area contributed by atoms with Crippen LogP contribution in [0.4, 0.5) is 0 Å². The fourth-order valence-electron chi connectivity index (χ4n) is 0.828. The van der Waals surface area contributed by atoms with E-state index in [0.717, 1.165) is 11.4 Å². The van der Waals surface area contributed by atoms with Crippen molar-refractivity contribution in [3.8, 4) is 0 Å². The van der Waals surface area contributed by atoms with Gasteiger partial charge in [0.1, 0.15) is 0 Å². The number of hydrogen-bond acceptors (Lipinski definition) is 2. The van der Waals surface area contributed by atoms with Crippen LogP contribution in [-0.4, -0.2) is 11.2 Å². The Labute approximate surface area is 65.9 Å². The summed E-state index contributed by atoms with van der Waals surface area (Å²) in [5, 5.41) is 0. The molecule has 0 aliphatic heterocycles. The molecule has 0 spiro atoms. The average molecular weight is 153 g/mol. The number of aromatic nitrogens is 1. The Morgan fingerprint density at radius 3 is 2.90 bits per heavy atom. The highest BCUT2D eigenvalue weighted by atomic mass is 32.2. The maximum atomic E-state index is 4.34. The predicted octanol–water partition coefficient (Wildman–Crippen LogP) is 2.25. The summed E-state index contributed by atoms with van der Waals surface area (Å²) in [6.45, 7) is 2.02. The molecule has 0 bridgehead atoms. The van der Waals surface area contributed by atoms with Gasteiger partial charge in [-0.25, -0.2) is 0 Å². The fourth-order valence-corrected chi connectivity index (χ4v) is 1.28. The molecule has 0 atom stereocenters. The summed E-state index contributed by atoms with van der Waals surface area (Å²) in [6, 6.07) is 6.13. The molecule has 0 aliphatic carbocycles. The second-order valence-electron chi connectivity index (χ2n) is 2.20. The van der Waals surface area contributed by atoms with Gasteiger partial charge in [-0.3, -0.25) is 4.98 Å². The van der Waals surface area contributed by atoms with Crippen molar-refractivity contribution in [2.24, 2.45) is 0 Å². The molecule has 54 valence electrons. The van der Waals surface area contributed by atoms with Crippen LogP contribution >= 0.6 is 11.8 Å². The van der Waals surface area contributed by atoms with Crippen molar-refractivity contribution in [2.45, 2.75) is 12.7 Å². The minimum atomic E-state index is 1.02. The van der Waals surface area contributed by atoms with Gasteiger partial charge in [0, 0.05) is 11.4 Å². The SMILES string of the molecule is CSCc1cccc(C)n1. The number of pyridine rings is 1. The summed E-state index contributed by atoms with van der Waals surface area (Å²) < 4.78 is 0. The van der Waals surface area contributed by atoms with E-state index in [2.05, 4.69) is 17.3 Å². The lowest BCUT2D eigenvalue weighted by molar-refractivity contribution is 1.11. The zero-order valence-corrected chi connectivity index (χ0v) is 7.11. The monoisotopic (exact) mass is 153 g/mol. The van der Waals surface area contributed by atoms with Crippen LogP contribution in [0.25, 0.3) is 0 Å². The quantitative estimate of drug-likeness (QED) is 0.646. The summed E-state index contributed by atoms with van der Waals surface area (Å²) in [7, 11) is 0. The Bertz CT molecular complexity index is 210. The van der Waals surface area contributed by atoms with Gasteiger partial charge in [-0.05, 0) is 25.3 Å². The average Bonchev–Trinajstić information content (AvgIpc) is 1.88. The van der Waals surface area contributed by atoms with Crippen LogP contribution in [0.1, 0.15) is 11.4 Å². The van der Waals surface area contributed by atoms with Crippen molar-refractivity contribution in [3.05, 3.63) is 29.6 Å².